The van der Waals surface area contributed by atoms with Gasteiger partial charge in [-0.15, -0.1) is 0 Å². The van der Waals surface area contributed by atoms with Gasteiger partial charge in [0.25, 0.3) is 5.56 Å². The second-order valence-corrected chi connectivity index (χ2v) is 4.84. The Balaban J connectivity index is 2.62. The molecule has 0 atom stereocenters. The van der Waals surface area contributed by atoms with Crippen molar-refractivity contribution in [2.45, 2.75) is 6.42 Å². The molecule has 0 spiro atoms. The second kappa shape index (κ2) is 8.60. The first-order valence-corrected chi connectivity index (χ1v) is 6.96. The lowest BCUT2D eigenvalue weighted by Crippen LogP contribution is -2.38. The molecule has 0 aliphatic carbocycles. The van der Waals surface area contributed by atoms with E-state index in [1.54, 1.807) is 7.05 Å². The summed E-state index contributed by atoms with van der Waals surface area (Å²) in [6.45, 7) is 2.55. The van der Waals surface area contributed by atoms with Crippen LogP contribution in [0.25, 0.3) is 0 Å². The van der Waals surface area contributed by atoms with Crippen molar-refractivity contribution in [2.75, 3.05) is 44.7 Å². The van der Waals surface area contributed by atoms with Crippen molar-refractivity contribution >= 4 is 5.82 Å². The van der Waals surface area contributed by atoms with E-state index in [2.05, 4.69) is 5.32 Å². The molecule has 0 unspecified atom stereocenters. The van der Waals surface area contributed by atoms with E-state index in [1.165, 1.54) is 17.7 Å². The Morgan fingerprint density at radius 3 is 2.43 bits per heavy atom. The van der Waals surface area contributed by atoms with Crippen molar-refractivity contribution in [3.8, 4) is 0 Å². The van der Waals surface area contributed by atoms with Crippen molar-refractivity contribution < 1.29 is 10.2 Å². The van der Waals surface area contributed by atoms with Crippen molar-refractivity contribution in [1.29, 1.82) is 0 Å². The second-order valence-electron chi connectivity index (χ2n) is 4.84. The van der Waals surface area contributed by atoms with Gasteiger partial charge in [-0.1, -0.05) is 0 Å². The molecule has 0 bridgehead atoms. The molecule has 0 amide bonds. The van der Waals surface area contributed by atoms with Crippen LogP contribution in [-0.2, 0) is 14.1 Å². The summed E-state index contributed by atoms with van der Waals surface area (Å²) in [6.07, 6.45) is 0.643. The Hall–Kier alpha value is -1.64. The monoisotopic (exact) mass is 300 g/mol. The fraction of sp³-hybridized carbons (Fsp3) is 0.692. The zero-order valence-electron chi connectivity index (χ0n) is 12.6. The summed E-state index contributed by atoms with van der Waals surface area (Å²) >= 11 is 0. The molecular weight excluding hydrogens is 276 g/mol. The number of nitrogens with one attached hydrogen (secondary N) is 1. The van der Waals surface area contributed by atoms with Crippen LogP contribution < -0.4 is 16.6 Å². The topological polar surface area (TPSA) is 99.7 Å². The first kappa shape index (κ1) is 17.4. The summed E-state index contributed by atoms with van der Waals surface area (Å²) in [5.74, 6) is 0.467. The molecule has 8 heteroatoms. The third-order valence-electron chi connectivity index (χ3n) is 3.31. The quantitative estimate of drug-likeness (QED) is 0.496. The van der Waals surface area contributed by atoms with E-state index >= 15 is 0 Å². The largest absolute Gasteiger partial charge is 0.396 e. The van der Waals surface area contributed by atoms with E-state index in [-0.39, 0.29) is 24.5 Å². The zero-order valence-corrected chi connectivity index (χ0v) is 12.6. The van der Waals surface area contributed by atoms with Crippen LogP contribution in [-0.4, -0.2) is 63.6 Å². The molecule has 0 fully saturated rings. The Morgan fingerprint density at radius 2 is 1.81 bits per heavy atom. The van der Waals surface area contributed by atoms with Gasteiger partial charge in [0.15, 0.2) is 0 Å². The number of aliphatic hydroxyl groups excluding tert-OH is 2. The average molecular weight is 300 g/mol. The van der Waals surface area contributed by atoms with Gasteiger partial charge in [0.05, 0.1) is 6.61 Å². The molecule has 3 N–H and O–H groups in total. The molecule has 0 saturated heterocycles. The summed E-state index contributed by atoms with van der Waals surface area (Å²) in [7, 11) is 3.04. The highest BCUT2D eigenvalue weighted by Gasteiger charge is 2.07. The van der Waals surface area contributed by atoms with E-state index < -0.39 is 0 Å². The molecule has 1 rings (SSSR count). The molecule has 0 saturated carbocycles. The SMILES string of the molecule is Cn1c(NCCN(CCO)CCCO)cc(=O)n(C)c1=O. The Labute approximate surface area is 123 Å². The highest BCUT2D eigenvalue weighted by Crippen LogP contribution is 1.98. The van der Waals surface area contributed by atoms with Gasteiger partial charge in [0, 0.05) is 52.9 Å². The third-order valence-corrected chi connectivity index (χ3v) is 3.31. The predicted octanol–water partition coefficient (Wildman–Crippen LogP) is -1.83. The van der Waals surface area contributed by atoms with Crippen LogP contribution in [0.4, 0.5) is 5.82 Å². The Bertz CT molecular complexity index is 552. The zero-order chi connectivity index (χ0) is 15.8. The van der Waals surface area contributed by atoms with Gasteiger partial charge in [-0.3, -0.25) is 18.8 Å². The molecule has 120 valence electrons. The van der Waals surface area contributed by atoms with Crippen LogP contribution in [0.15, 0.2) is 15.7 Å². The first-order valence-electron chi connectivity index (χ1n) is 6.96. The number of hydrogen-bond acceptors (Lipinski definition) is 6. The highest BCUT2D eigenvalue weighted by atomic mass is 16.3. The maximum atomic E-state index is 11.8. The maximum absolute atomic E-state index is 11.8. The number of nitrogens with zero attached hydrogens (tertiary/aromatic N) is 3. The molecule has 1 heterocycles. The molecule has 0 aliphatic heterocycles. The van der Waals surface area contributed by atoms with Crippen molar-refractivity contribution in [3.05, 3.63) is 26.9 Å². The number of rotatable bonds is 9. The van der Waals surface area contributed by atoms with E-state index in [9.17, 15) is 9.59 Å². The summed E-state index contributed by atoms with van der Waals surface area (Å²) < 4.78 is 2.43. The van der Waals surface area contributed by atoms with Crippen LogP contribution in [0.2, 0.25) is 0 Å². The minimum Gasteiger partial charge on any atom is -0.396 e. The normalized spacial score (nSPS) is 11.1. The number of anilines is 1. The van der Waals surface area contributed by atoms with Crippen LogP contribution in [0.3, 0.4) is 0 Å². The molecule has 0 aliphatic rings. The van der Waals surface area contributed by atoms with E-state index in [4.69, 9.17) is 10.2 Å². The average Bonchev–Trinajstić information content (AvgIpc) is 2.47. The molecule has 0 radical (unpaired) electrons. The molecule has 1 aromatic rings. The van der Waals surface area contributed by atoms with Gasteiger partial charge in [0.2, 0.25) is 0 Å². The van der Waals surface area contributed by atoms with Crippen LogP contribution in [0.5, 0.6) is 0 Å². The first-order chi connectivity index (χ1) is 10.0. The summed E-state index contributed by atoms with van der Waals surface area (Å²) in [6, 6.07) is 1.38. The van der Waals surface area contributed by atoms with Crippen molar-refractivity contribution in [3.63, 3.8) is 0 Å². The van der Waals surface area contributed by atoms with E-state index in [1.807, 2.05) is 4.90 Å². The van der Waals surface area contributed by atoms with Gasteiger partial charge in [0.1, 0.15) is 5.82 Å². The van der Waals surface area contributed by atoms with Crippen molar-refractivity contribution in [1.82, 2.24) is 14.0 Å². The minimum atomic E-state index is -0.377. The Morgan fingerprint density at radius 1 is 1.10 bits per heavy atom. The highest BCUT2D eigenvalue weighted by molar-refractivity contribution is 5.33. The molecular formula is C13H24N4O4. The molecule has 0 aromatic carbocycles. The fourth-order valence-corrected chi connectivity index (χ4v) is 2.02. The molecule has 21 heavy (non-hydrogen) atoms. The van der Waals surface area contributed by atoms with Crippen molar-refractivity contribution in [2.24, 2.45) is 14.1 Å². The van der Waals surface area contributed by atoms with Crippen LogP contribution in [0, 0.1) is 0 Å². The molecule has 8 nitrogen and oxygen atoms in total. The van der Waals surface area contributed by atoms with Gasteiger partial charge in [-0.05, 0) is 6.42 Å². The standard InChI is InChI=1S/C13H24N4O4/c1-15-11(10-12(20)16(2)13(15)21)14-4-6-17(7-9-19)5-3-8-18/h10,14,18-19H,3-9H2,1-2H3. The molecule has 1 aromatic heterocycles. The van der Waals surface area contributed by atoms with Gasteiger partial charge >= 0.3 is 5.69 Å². The summed E-state index contributed by atoms with van der Waals surface area (Å²) in [5, 5.41) is 20.9. The smallest absolute Gasteiger partial charge is 0.332 e. The number of aliphatic hydroxyl groups is 2. The lowest BCUT2D eigenvalue weighted by Gasteiger charge is -2.21. The van der Waals surface area contributed by atoms with Gasteiger partial charge in [-0.25, -0.2) is 4.79 Å². The predicted molar refractivity (Wildman–Crippen MR) is 80.6 cm³/mol. The third kappa shape index (κ3) is 5.00. The summed E-state index contributed by atoms with van der Waals surface area (Å²) in [4.78, 5) is 25.4. The Kier molecular flexibility index (Phi) is 7.13. The van der Waals surface area contributed by atoms with Crippen LogP contribution >= 0.6 is 0 Å². The van der Waals surface area contributed by atoms with Gasteiger partial charge < -0.3 is 15.5 Å². The number of hydrogen-bond donors (Lipinski definition) is 3. The van der Waals surface area contributed by atoms with Gasteiger partial charge in [-0.2, -0.15) is 0 Å². The van der Waals surface area contributed by atoms with Crippen LogP contribution in [0.1, 0.15) is 6.42 Å². The maximum Gasteiger partial charge on any atom is 0.332 e. The fourth-order valence-electron chi connectivity index (χ4n) is 2.02. The minimum absolute atomic E-state index is 0.0514. The van der Waals surface area contributed by atoms with E-state index in [0.29, 0.717) is 38.4 Å². The van der Waals surface area contributed by atoms with E-state index in [0.717, 1.165) is 4.57 Å². The number of aromatic nitrogens is 2. The lowest BCUT2D eigenvalue weighted by molar-refractivity contribution is 0.183. The lowest BCUT2D eigenvalue weighted by atomic mass is 10.3. The summed E-state index contributed by atoms with van der Waals surface area (Å²) in [5.41, 5.74) is -0.731.